The molecule has 2 rings (SSSR count). The number of ether oxygens (including phenoxy) is 1. The van der Waals surface area contributed by atoms with Crippen molar-refractivity contribution in [2.75, 3.05) is 6.61 Å². The molecule has 0 radical (unpaired) electrons. The van der Waals surface area contributed by atoms with Gasteiger partial charge in [0.15, 0.2) is 0 Å². The van der Waals surface area contributed by atoms with Gasteiger partial charge in [-0.05, 0) is 30.7 Å². The number of rotatable bonds is 4. The van der Waals surface area contributed by atoms with Crippen LogP contribution in [-0.4, -0.2) is 11.7 Å². The molecule has 1 unspecified atom stereocenters. The highest BCUT2D eigenvalue weighted by Crippen LogP contribution is 2.27. The Hall–Kier alpha value is -1.03. The van der Waals surface area contributed by atoms with Gasteiger partial charge < -0.3 is 9.84 Å². The van der Waals surface area contributed by atoms with Crippen LogP contribution in [0.2, 0.25) is 4.34 Å². The van der Waals surface area contributed by atoms with Crippen LogP contribution in [0.25, 0.3) is 0 Å². The van der Waals surface area contributed by atoms with E-state index < -0.39 is 6.10 Å². The van der Waals surface area contributed by atoms with Gasteiger partial charge in [0, 0.05) is 4.88 Å². The summed E-state index contributed by atoms with van der Waals surface area (Å²) in [6.45, 7) is 2.21. The molecule has 0 saturated heterocycles. The quantitative estimate of drug-likeness (QED) is 0.913. The van der Waals surface area contributed by atoms with Crippen molar-refractivity contribution in [1.82, 2.24) is 0 Å². The van der Waals surface area contributed by atoms with E-state index in [1.165, 1.54) is 11.3 Å². The zero-order valence-corrected chi connectivity index (χ0v) is 11.0. The van der Waals surface area contributed by atoms with Crippen molar-refractivity contribution in [1.29, 1.82) is 0 Å². The summed E-state index contributed by atoms with van der Waals surface area (Å²) in [6, 6.07) is 11.3. The van der Waals surface area contributed by atoms with Crippen molar-refractivity contribution in [2.24, 2.45) is 0 Å². The molecule has 1 heterocycles. The van der Waals surface area contributed by atoms with Gasteiger partial charge in [-0.3, -0.25) is 0 Å². The van der Waals surface area contributed by atoms with Crippen molar-refractivity contribution >= 4 is 22.9 Å². The van der Waals surface area contributed by atoms with Gasteiger partial charge in [0.2, 0.25) is 0 Å². The molecule has 0 spiro atoms. The predicted octanol–water partition coefficient (Wildman–Crippen LogP) is 3.82. The minimum atomic E-state index is -0.632. The minimum Gasteiger partial charge on any atom is -0.490 e. The smallest absolute Gasteiger partial charge is 0.122 e. The fourth-order valence-electron chi connectivity index (χ4n) is 1.48. The molecule has 0 aliphatic heterocycles. The highest BCUT2D eigenvalue weighted by molar-refractivity contribution is 7.16. The van der Waals surface area contributed by atoms with E-state index in [-0.39, 0.29) is 6.61 Å². The number of aliphatic hydroxyl groups excluding tert-OH is 1. The van der Waals surface area contributed by atoms with E-state index in [9.17, 15) is 5.11 Å². The summed E-state index contributed by atoms with van der Waals surface area (Å²) in [4.78, 5) is 0.823. The third-order valence-corrected chi connectivity index (χ3v) is 3.75. The monoisotopic (exact) mass is 268 g/mol. The first kappa shape index (κ1) is 12.4. The molecule has 1 N–H and O–H groups in total. The maximum Gasteiger partial charge on any atom is 0.122 e. The normalized spacial score (nSPS) is 12.4. The van der Waals surface area contributed by atoms with Crippen LogP contribution in [0.5, 0.6) is 5.75 Å². The Morgan fingerprint density at radius 3 is 2.71 bits per heavy atom. The molecule has 0 fully saturated rings. The number of halogens is 1. The lowest BCUT2D eigenvalue weighted by molar-refractivity contribution is 0.110. The Morgan fingerprint density at radius 2 is 2.06 bits per heavy atom. The van der Waals surface area contributed by atoms with Gasteiger partial charge in [0.25, 0.3) is 0 Å². The van der Waals surface area contributed by atoms with E-state index in [0.717, 1.165) is 16.2 Å². The molecule has 2 aromatic rings. The number of aryl methyl sites for hydroxylation is 1. The van der Waals surface area contributed by atoms with Crippen molar-refractivity contribution < 1.29 is 9.84 Å². The van der Waals surface area contributed by atoms with Crippen LogP contribution in [0.15, 0.2) is 36.4 Å². The van der Waals surface area contributed by atoms with Gasteiger partial charge in [0.05, 0.1) is 4.34 Å². The third-order valence-electron chi connectivity index (χ3n) is 2.41. The third kappa shape index (κ3) is 3.22. The van der Waals surface area contributed by atoms with E-state index in [1.54, 1.807) is 6.07 Å². The zero-order chi connectivity index (χ0) is 12.3. The summed E-state index contributed by atoms with van der Waals surface area (Å²) in [6.07, 6.45) is -0.632. The highest BCUT2D eigenvalue weighted by atomic mass is 35.5. The maximum atomic E-state index is 9.91. The molecule has 17 heavy (non-hydrogen) atoms. The van der Waals surface area contributed by atoms with Crippen LogP contribution in [0.4, 0.5) is 0 Å². The summed E-state index contributed by atoms with van der Waals surface area (Å²) in [5.74, 6) is 0.800. The topological polar surface area (TPSA) is 29.5 Å². The second kappa shape index (κ2) is 5.54. The van der Waals surface area contributed by atoms with Crippen molar-refractivity contribution in [3.05, 3.63) is 51.2 Å². The van der Waals surface area contributed by atoms with Crippen LogP contribution in [0, 0.1) is 6.92 Å². The van der Waals surface area contributed by atoms with Gasteiger partial charge in [-0.2, -0.15) is 0 Å². The molecule has 0 aliphatic carbocycles. The van der Waals surface area contributed by atoms with Gasteiger partial charge in [-0.25, -0.2) is 0 Å². The molecular weight excluding hydrogens is 256 g/mol. The summed E-state index contributed by atoms with van der Waals surface area (Å²) in [5, 5.41) is 9.91. The van der Waals surface area contributed by atoms with Crippen LogP contribution in [-0.2, 0) is 0 Å². The summed E-state index contributed by atoms with van der Waals surface area (Å²) < 4.78 is 6.25. The first-order valence-electron chi connectivity index (χ1n) is 5.28. The fourth-order valence-corrected chi connectivity index (χ4v) is 2.51. The van der Waals surface area contributed by atoms with E-state index in [4.69, 9.17) is 16.3 Å². The Balaban J connectivity index is 1.97. The lowest BCUT2D eigenvalue weighted by atomic mass is 10.2. The Bertz CT molecular complexity index is 496. The Morgan fingerprint density at radius 1 is 1.29 bits per heavy atom. The average Bonchev–Trinajstić information content (AvgIpc) is 2.74. The summed E-state index contributed by atoms with van der Waals surface area (Å²) in [7, 11) is 0. The number of hydrogen-bond acceptors (Lipinski definition) is 3. The van der Waals surface area contributed by atoms with E-state index in [2.05, 4.69) is 0 Å². The second-order valence-corrected chi connectivity index (χ2v) is 5.48. The van der Waals surface area contributed by atoms with Gasteiger partial charge >= 0.3 is 0 Å². The van der Waals surface area contributed by atoms with Crippen molar-refractivity contribution in [3.63, 3.8) is 0 Å². The molecule has 90 valence electrons. The van der Waals surface area contributed by atoms with Gasteiger partial charge in [-0.1, -0.05) is 29.8 Å². The highest BCUT2D eigenvalue weighted by Gasteiger charge is 2.11. The van der Waals surface area contributed by atoms with Crippen LogP contribution in [0.3, 0.4) is 0 Å². The average molecular weight is 269 g/mol. The second-order valence-electron chi connectivity index (χ2n) is 3.73. The first-order chi connectivity index (χ1) is 8.16. The SMILES string of the molecule is Cc1ccccc1OCC(O)c1ccc(Cl)s1. The number of hydrogen-bond donors (Lipinski definition) is 1. The van der Waals surface area contributed by atoms with E-state index in [0.29, 0.717) is 4.34 Å². The van der Waals surface area contributed by atoms with Crippen LogP contribution < -0.4 is 4.74 Å². The number of thiophene rings is 1. The van der Waals surface area contributed by atoms with Crippen LogP contribution in [0.1, 0.15) is 16.5 Å². The van der Waals surface area contributed by atoms with E-state index in [1.807, 2.05) is 37.3 Å². The molecule has 1 atom stereocenters. The van der Waals surface area contributed by atoms with Gasteiger partial charge in [-0.15, -0.1) is 11.3 Å². The lowest BCUT2D eigenvalue weighted by Crippen LogP contribution is -2.08. The Kier molecular flexibility index (Phi) is 4.05. The number of para-hydroxylation sites is 1. The summed E-state index contributed by atoms with van der Waals surface area (Å²) in [5.41, 5.74) is 1.06. The zero-order valence-electron chi connectivity index (χ0n) is 9.39. The molecule has 0 bridgehead atoms. The first-order valence-corrected chi connectivity index (χ1v) is 6.48. The number of aliphatic hydroxyl groups is 1. The van der Waals surface area contributed by atoms with Crippen molar-refractivity contribution in [3.8, 4) is 5.75 Å². The van der Waals surface area contributed by atoms with Crippen molar-refractivity contribution in [2.45, 2.75) is 13.0 Å². The Labute approximate surface area is 109 Å². The summed E-state index contributed by atoms with van der Waals surface area (Å²) >= 11 is 7.18. The minimum absolute atomic E-state index is 0.238. The molecule has 2 nitrogen and oxygen atoms in total. The molecule has 1 aromatic heterocycles. The molecule has 0 amide bonds. The van der Waals surface area contributed by atoms with Crippen LogP contribution >= 0.6 is 22.9 Å². The predicted molar refractivity (Wildman–Crippen MR) is 71.0 cm³/mol. The van der Waals surface area contributed by atoms with E-state index >= 15 is 0 Å². The standard InChI is InChI=1S/C13H13ClO2S/c1-9-4-2-3-5-11(9)16-8-10(15)12-6-7-13(14)17-12/h2-7,10,15H,8H2,1H3. The molecule has 4 heteroatoms. The molecular formula is C13H13ClO2S. The van der Waals surface area contributed by atoms with Gasteiger partial charge in [0.1, 0.15) is 18.5 Å². The molecule has 1 aromatic carbocycles. The number of benzene rings is 1. The maximum absolute atomic E-state index is 9.91. The largest absolute Gasteiger partial charge is 0.490 e. The fraction of sp³-hybridized carbons (Fsp3) is 0.231. The molecule has 0 aliphatic rings. The lowest BCUT2D eigenvalue weighted by Gasteiger charge is -2.12. The molecule has 0 saturated carbocycles.